The van der Waals surface area contributed by atoms with E-state index < -0.39 is 0 Å². The molecule has 0 saturated heterocycles. The highest BCUT2D eigenvalue weighted by Crippen LogP contribution is 2.23. The van der Waals surface area contributed by atoms with Crippen LogP contribution in [0.3, 0.4) is 0 Å². The molecule has 146 valence electrons. The maximum Gasteiger partial charge on any atom is 0.191 e. The minimum Gasteiger partial charge on any atom is -0.381 e. The fourth-order valence-corrected chi connectivity index (χ4v) is 3.12. The first kappa shape index (κ1) is 24.6. The predicted molar refractivity (Wildman–Crippen MR) is 120 cm³/mol. The van der Waals surface area contributed by atoms with Crippen LogP contribution in [0.25, 0.3) is 0 Å². The van der Waals surface area contributed by atoms with E-state index in [9.17, 15) is 0 Å². The van der Waals surface area contributed by atoms with Gasteiger partial charge >= 0.3 is 0 Å². The number of nitrogens with zero attached hydrogens (tertiary/aromatic N) is 2. The molecular formula is C18H35IN4OS. The second kappa shape index (κ2) is 14.8. The van der Waals surface area contributed by atoms with Crippen LogP contribution in [0.15, 0.2) is 22.5 Å². The number of guanidine groups is 1. The molecule has 0 spiro atoms. The van der Waals surface area contributed by atoms with E-state index in [4.69, 9.17) is 9.73 Å². The summed E-state index contributed by atoms with van der Waals surface area (Å²) in [7, 11) is 4.21. The van der Waals surface area contributed by atoms with Gasteiger partial charge in [0.05, 0.1) is 12.6 Å². The number of nitrogens with one attached hydrogen (secondary N) is 2. The first-order chi connectivity index (χ1) is 11.5. The fourth-order valence-electron chi connectivity index (χ4n) is 2.21. The Morgan fingerprint density at radius 1 is 1.32 bits per heavy atom. The largest absolute Gasteiger partial charge is 0.381 e. The Hall–Kier alpha value is -0.380. The highest BCUT2D eigenvalue weighted by molar-refractivity contribution is 14.0. The van der Waals surface area contributed by atoms with Gasteiger partial charge in [-0.3, -0.25) is 4.99 Å². The molecule has 7 heteroatoms. The Kier molecular flexibility index (Phi) is 14.5. The monoisotopic (exact) mass is 482 g/mol. The molecule has 25 heavy (non-hydrogen) atoms. The molecule has 5 nitrogen and oxygen atoms in total. The number of halogens is 1. The van der Waals surface area contributed by atoms with Gasteiger partial charge in [0.25, 0.3) is 0 Å². The molecule has 1 unspecified atom stereocenters. The van der Waals surface area contributed by atoms with Gasteiger partial charge in [0.1, 0.15) is 0 Å². The van der Waals surface area contributed by atoms with E-state index >= 15 is 0 Å². The van der Waals surface area contributed by atoms with Gasteiger partial charge in [-0.05, 0) is 44.8 Å². The number of hydrogen-bond donors (Lipinski definition) is 2. The van der Waals surface area contributed by atoms with Crippen LogP contribution >= 0.6 is 35.3 Å². The zero-order valence-corrected chi connectivity index (χ0v) is 19.4. The zero-order chi connectivity index (χ0) is 17.8. The SMILES string of the molecule is CCNC(=NCC(c1cccs1)N(C)C)NCCCOCC(C)C.I. The quantitative estimate of drug-likeness (QED) is 0.219. The van der Waals surface area contributed by atoms with E-state index in [0.717, 1.165) is 45.2 Å². The van der Waals surface area contributed by atoms with Crippen LogP contribution in [0.4, 0.5) is 0 Å². The lowest BCUT2D eigenvalue weighted by Crippen LogP contribution is -2.38. The molecule has 1 rings (SSSR count). The van der Waals surface area contributed by atoms with E-state index in [1.165, 1.54) is 4.88 Å². The van der Waals surface area contributed by atoms with Gasteiger partial charge in [0, 0.05) is 31.2 Å². The van der Waals surface area contributed by atoms with E-state index in [2.05, 4.69) is 67.9 Å². The van der Waals surface area contributed by atoms with Crippen molar-refractivity contribution < 1.29 is 4.74 Å². The molecule has 2 N–H and O–H groups in total. The van der Waals surface area contributed by atoms with Crippen molar-refractivity contribution in [3.8, 4) is 0 Å². The molecule has 1 aromatic heterocycles. The van der Waals surface area contributed by atoms with Crippen LogP contribution in [0.1, 0.15) is 38.1 Å². The average Bonchev–Trinajstić information content (AvgIpc) is 3.04. The highest BCUT2D eigenvalue weighted by atomic mass is 127. The Morgan fingerprint density at radius 3 is 2.64 bits per heavy atom. The summed E-state index contributed by atoms with van der Waals surface area (Å²) in [5.41, 5.74) is 0. The van der Waals surface area contributed by atoms with E-state index in [0.29, 0.717) is 12.0 Å². The smallest absolute Gasteiger partial charge is 0.191 e. The summed E-state index contributed by atoms with van der Waals surface area (Å²) >= 11 is 1.79. The first-order valence-corrected chi connectivity index (χ1v) is 9.72. The van der Waals surface area contributed by atoms with E-state index in [1.54, 1.807) is 11.3 Å². The van der Waals surface area contributed by atoms with Gasteiger partial charge in [-0.15, -0.1) is 35.3 Å². The van der Waals surface area contributed by atoms with Gasteiger partial charge in [0.15, 0.2) is 5.96 Å². The van der Waals surface area contributed by atoms with Gasteiger partial charge in [-0.2, -0.15) is 0 Å². The van der Waals surface area contributed by atoms with Gasteiger partial charge in [-0.25, -0.2) is 0 Å². The van der Waals surface area contributed by atoms with Gasteiger partial charge < -0.3 is 20.3 Å². The second-order valence-corrected chi connectivity index (χ2v) is 7.44. The van der Waals surface area contributed by atoms with E-state index in [-0.39, 0.29) is 24.0 Å². The minimum absolute atomic E-state index is 0. The maximum atomic E-state index is 5.61. The van der Waals surface area contributed by atoms with Gasteiger partial charge in [0.2, 0.25) is 0 Å². The Bertz CT molecular complexity index is 452. The number of rotatable bonds is 11. The van der Waals surface area contributed by atoms with Crippen molar-refractivity contribution in [3.63, 3.8) is 0 Å². The average molecular weight is 482 g/mol. The van der Waals surface area contributed by atoms with Gasteiger partial charge in [-0.1, -0.05) is 19.9 Å². The molecule has 0 aliphatic carbocycles. The number of likely N-dealkylation sites (N-methyl/N-ethyl adjacent to an activating group) is 1. The standard InChI is InChI=1S/C18H34N4OS.HI/c1-6-19-18(20-10-8-11-23-14-15(2)3)21-13-16(22(4)5)17-9-7-12-24-17;/h7,9,12,15-16H,6,8,10-11,13-14H2,1-5H3,(H2,19,20,21);1H. The summed E-state index contributed by atoms with van der Waals surface area (Å²) in [4.78, 5) is 8.33. The summed E-state index contributed by atoms with van der Waals surface area (Å²) in [6.45, 7) is 10.5. The second-order valence-electron chi connectivity index (χ2n) is 6.46. The molecule has 0 aliphatic heterocycles. The number of thiophene rings is 1. The molecule has 1 aromatic rings. The van der Waals surface area contributed by atoms with Crippen molar-refractivity contribution in [3.05, 3.63) is 22.4 Å². The number of aliphatic imine (C=N–C) groups is 1. The number of hydrogen-bond acceptors (Lipinski definition) is 4. The third-order valence-corrected chi connectivity index (χ3v) is 4.44. The number of ether oxygens (including phenoxy) is 1. The zero-order valence-electron chi connectivity index (χ0n) is 16.2. The van der Waals surface area contributed by atoms with Crippen LogP contribution in [-0.2, 0) is 4.74 Å². The summed E-state index contributed by atoms with van der Waals surface area (Å²) in [6.07, 6.45) is 0.985. The van der Waals surface area contributed by atoms with Crippen LogP contribution in [-0.4, -0.2) is 57.8 Å². The molecule has 0 amide bonds. The molecule has 0 radical (unpaired) electrons. The van der Waals surface area contributed by atoms with Crippen molar-refractivity contribution in [2.75, 3.05) is 46.9 Å². The Labute approximate surface area is 174 Å². The van der Waals surface area contributed by atoms with Crippen molar-refractivity contribution >= 4 is 41.3 Å². The predicted octanol–water partition coefficient (Wildman–Crippen LogP) is 3.59. The van der Waals surface area contributed by atoms with Crippen molar-refractivity contribution in [1.82, 2.24) is 15.5 Å². The highest BCUT2D eigenvalue weighted by Gasteiger charge is 2.14. The third kappa shape index (κ3) is 11.0. The molecule has 0 saturated carbocycles. The molecular weight excluding hydrogens is 447 g/mol. The van der Waals surface area contributed by atoms with Crippen LogP contribution < -0.4 is 10.6 Å². The summed E-state index contributed by atoms with van der Waals surface area (Å²) in [5, 5.41) is 8.83. The fraction of sp³-hybridized carbons (Fsp3) is 0.722. The van der Waals surface area contributed by atoms with Crippen molar-refractivity contribution in [1.29, 1.82) is 0 Å². The van der Waals surface area contributed by atoms with E-state index in [1.807, 2.05) is 0 Å². The summed E-state index contributed by atoms with van der Waals surface area (Å²) in [5.74, 6) is 1.47. The summed E-state index contributed by atoms with van der Waals surface area (Å²) in [6, 6.07) is 4.59. The molecule has 1 heterocycles. The van der Waals surface area contributed by atoms with Crippen LogP contribution in [0, 0.1) is 5.92 Å². The van der Waals surface area contributed by atoms with Crippen molar-refractivity contribution in [2.45, 2.75) is 33.2 Å². The van der Waals surface area contributed by atoms with Crippen LogP contribution in [0.5, 0.6) is 0 Å². The molecule has 1 atom stereocenters. The molecule has 0 aromatic carbocycles. The molecule has 0 aliphatic rings. The lowest BCUT2D eigenvalue weighted by atomic mass is 10.2. The van der Waals surface area contributed by atoms with Crippen LogP contribution in [0.2, 0.25) is 0 Å². The minimum atomic E-state index is 0. The topological polar surface area (TPSA) is 48.9 Å². The maximum absolute atomic E-state index is 5.61. The molecule has 0 fully saturated rings. The summed E-state index contributed by atoms with van der Waals surface area (Å²) < 4.78 is 5.61. The Morgan fingerprint density at radius 2 is 2.08 bits per heavy atom. The van der Waals surface area contributed by atoms with Crippen molar-refractivity contribution in [2.24, 2.45) is 10.9 Å². The lowest BCUT2D eigenvalue weighted by molar-refractivity contribution is 0.108. The normalized spacial score (nSPS) is 13.0. The molecule has 0 bridgehead atoms. The first-order valence-electron chi connectivity index (χ1n) is 8.84. The lowest BCUT2D eigenvalue weighted by Gasteiger charge is -2.22. The third-order valence-electron chi connectivity index (χ3n) is 3.47. The Balaban J connectivity index is 0.00000576.